The minimum absolute atomic E-state index is 0.0793. The molecule has 0 aliphatic heterocycles. The van der Waals surface area contributed by atoms with Gasteiger partial charge in [-0.25, -0.2) is 14.4 Å². The van der Waals surface area contributed by atoms with Crippen LogP contribution in [0.4, 0.5) is 15.3 Å². The SMILES string of the molecule is CC(C)(C)OC(=O)N(C(=O)OCc1ccccc1)C(CCCCN)C(=O)OCc1ccc([N+](=O)[O-])cc1. The Morgan fingerprint density at radius 2 is 1.51 bits per heavy atom. The molecule has 0 aliphatic carbocycles. The number of hydrogen-bond acceptors (Lipinski definition) is 9. The first-order valence-electron chi connectivity index (χ1n) is 11.8. The first-order chi connectivity index (χ1) is 17.5. The van der Waals surface area contributed by atoms with Crippen molar-refractivity contribution in [1.82, 2.24) is 4.90 Å². The van der Waals surface area contributed by atoms with Gasteiger partial charge in [-0.3, -0.25) is 10.1 Å². The van der Waals surface area contributed by atoms with Crippen LogP contribution in [-0.4, -0.2) is 46.2 Å². The van der Waals surface area contributed by atoms with Crippen LogP contribution in [0.2, 0.25) is 0 Å². The summed E-state index contributed by atoms with van der Waals surface area (Å²) >= 11 is 0. The Balaban J connectivity index is 2.25. The molecule has 0 aromatic heterocycles. The van der Waals surface area contributed by atoms with Crippen LogP contribution in [0, 0.1) is 10.1 Å². The number of esters is 1. The van der Waals surface area contributed by atoms with E-state index in [0.29, 0.717) is 35.4 Å². The van der Waals surface area contributed by atoms with Crippen LogP contribution in [0.3, 0.4) is 0 Å². The van der Waals surface area contributed by atoms with Gasteiger partial charge in [-0.2, -0.15) is 4.90 Å². The molecule has 11 heteroatoms. The van der Waals surface area contributed by atoms with Gasteiger partial charge in [-0.1, -0.05) is 30.3 Å². The molecule has 2 N–H and O–H groups in total. The molecular weight excluding hydrogens is 482 g/mol. The zero-order valence-corrected chi connectivity index (χ0v) is 21.3. The number of nitrogens with zero attached hydrogens (tertiary/aromatic N) is 2. The van der Waals surface area contributed by atoms with Crippen molar-refractivity contribution in [2.45, 2.75) is 64.9 Å². The predicted octanol–water partition coefficient (Wildman–Crippen LogP) is 4.71. The number of amides is 2. The number of nitro groups is 1. The van der Waals surface area contributed by atoms with Crippen molar-refractivity contribution in [2.75, 3.05) is 6.54 Å². The number of ether oxygens (including phenoxy) is 3. The molecule has 37 heavy (non-hydrogen) atoms. The van der Waals surface area contributed by atoms with Crippen LogP contribution in [-0.2, 0) is 32.2 Å². The van der Waals surface area contributed by atoms with E-state index in [1.54, 1.807) is 45.0 Å². The standard InChI is InChI=1S/C26H33N3O8/c1-26(2,3)37-25(32)28(24(31)36-18-19-9-5-4-6-10-19)22(11-7-8-16-27)23(30)35-17-20-12-14-21(15-13-20)29(33)34/h4-6,9-10,12-15,22H,7-8,11,16-18,27H2,1-3H3. The summed E-state index contributed by atoms with van der Waals surface area (Å²) < 4.78 is 16.1. The summed E-state index contributed by atoms with van der Waals surface area (Å²) in [4.78, 5) is 50.3. The van der Waals surface area contributed by atoms with Gasteiger partial charge in [0.15, 0.2) is 0 Å². The minimum Gasteiger partial charge on any atom is -0.459 e. The number of hydrogen-bond donors (Lipinski definition) is 1. The van der Waals surface area contributed by atoms with E-state index in [2.05, 4.69) is 0 Å². The maximum atomic E-state index is 13.2. The molecule has 0 fully saturated rings. The number of non-ortho nitro benzene ring substituents is 1. The third-order valence-electron chi connectivity index (χ3n) is 5.04. The van der Waals surface area contributed by atoms with E-state index in [-0.39, 0.29) is 25.3 Å². The second-order valence-corrected chi connectivity index (χ2v) is 9.22. The van der Waals surface area contributed by atoms with E-state index in [0.717, 1.165) is 0 Å². The molecule has 0 aliphatic rings. The Morgan fingerprint density at radius 3 is 2.08 bits per heavy atom. The average molecular weight is 516 g/mol. The molecule has 2 amide bonds. The molecule has 0 spiro atoms. The third kappa shape index (κ3) is 9.88. The highest BCUT2D eigenvalue weighted by Gasteiger charge is 2.39. The molecule has 2 rings (SSSR count). The van der Waals surface area contributed by atoms with Gasteiger partial charge < -0.3 is 19.9 Å². The fourth-order valence-electron chi connectivity index (χ4n) is 3.23. The number of benzene rings is 2. The van der Waals surface area contributed by atoms with Crippen molar-refractivity contribution >= 4 is 23.8 Å². The normalized spacial score (nSPS) is 11.8. The minimum atomic E-state index is -1.33. The van der Waals surface area contributed by atoms with Gasteiger partial charge in [-0.15, -0.1) is 0 Å². The molecular formula is C26H33N3O8. The van der Waals surface area contributed by atoms with Gasteiger partial charge >= 0.3 is 18.2 Å². The number of nitro benzene ring substituents is 1. The second-order valence-electron chi connectivity index (χ2n) is 9.22. The van der Waals surface area contributed by atoms with E-state index < -0.39 is 34.7 Å². The number of nitrogens with two attached hydrogens (primary N) is 1. The number of carbonyl (C=O) groups excluding carboxylic acids is 3. The molecule has 0 heterocycles. The lowest BCUT2D eigenvalue weighted by atomic mass is 10.1. The molecule has 0 radical (unpaired) electrons. The summed E-state index contributed by atoms with van der Waals surface area (Å²) in [5.74, 6) is -0.849. The summed E-state index contributed by atoms with van der Waals surface area (Å²) in [5.41, 5.74) is 5.73. The van der Waals surface area contributed by atoms with Crippen molar-refractivity contribution < 1.29 is 33.5 Å². The van der Waals surface area contributed by atoms with Crippen molar-refractivity contribution in [3.8, 4) is 0 Å². The summed E-state index contributed by atoms with van der Waals surface area (Å²) in [6.45, 7) is 4.92. The van der Waals surface area contributed by atoms with Gasteiger partial charge in [0.1, 0.15) is 24.9 Å². The Kier molecular flexibility index (Phi) is 11.0. The first kappa shape index (κ1) is 29.2. The van der Waals surface area contributed by atoms with Crippen molar-refractivity contribution in [3.05, 3.63) is 75.8 Å². The predicted molar refractivity (Wildman–Crippen MR) is 134 cm³/mol. The zero-order valence-electron chi connectivity index (χ0n) is 21.3. The smallest absolute Gasteiger partial charge is 0.420 e. The molecule has 1 atom stereocenters. The maximum Gasteiger partial charge on any atom is 0.420 e. The molecule has 2 aromatic carbocycles. The van der Waals surface area contributed by atoms with E-state index in [1.807, 2.05) is 6.07 Å². The molecule has 1 unspecified atom stereocenters. The number of rotatable bonds is 11. The number of unbranched alkanes of at least 4 members (excludes halogenated alkanes) is 1. The average Bonchev–Trinajstić information content (AvgIpc) is 2.85. The zero-order chi connectivity index (χ0) is 27.4. The van der Waals surface area contributed by atoms with Crippen molar-refractivity contribution in [2.24, 2.45) is 5.73 Å². The van der Waals surface area contributed by atoms with E-state index >= 15 is 0 Å². The fourth-order valence-corrected chi connectivity index (χ4v) is 3.23. The van der Waals surface area contributed by atoms with Crippen LogP contribution in [0.15, 0.2) is 54.6 Å². The monoisotopic (exact) mass is 515 g/mol. The topological polar surface area (TPSA) is 151 Å². The maximum absolute atomic E-state index is 13.2. The lowest BCUT2D eigenvalue weighted by Crippen LogP contribution is -2.51. The molecule has 0 saturated carbocycles. The fraction of sp³-hybridized carbons (Fsp3) is 0.423. The highest BCUT2D eigenvalue weighted by atomic mass is 16.6. The van der Waals surface area contributed by atoms with Crippen LogP contribution in [0.25, 0.3) is 0 Å². The summed E-state index contributed by atoms with van der Waals surface area (Å²) in [5, 5.41) is 10.9. The molecule has 0 bridgehead atoms. The van der Waals surface area contributed by atoms with Crippen molar-refractivity contribution in [1.29, 1.82) is 0 Å². The third-order valence-corrected chi connectivity index (χ3v) is 5.04. The van der Waals surface area contributed by atoms with Crippen LogP contribution in [0.5, 0.6) is 0 Å². The first-order valence-corrected chi connectivity index (χ1v) is 11.8. The Labute approximate surface area is 215 Å². The quantitative estimate of drug-likeness (QED) is 0.147. The van der Waals surface area contributed by atoms with E-state index in [1.165, 1.54) is 24.3 Å². The van der Waals surface area contributed by atoms with Crippen molar-refractivity contribution in [3.63, 3.8) is 0 Å². The summed E-state index contributed by atoms with van der Waals surface area (Å²) in [6.07, 6.45) is -1.04. The molecule has 0 saturated heterocycles. The van der Waals surface area contributed by atoms with Gasteiger partial charge in [0.2, 0.25) is 0 Å². The van der Waals surface area contributed by atoms with Crippen LogP contribution < -0.4 is 5.73 Å². The summed E-state index contributed by atoms with van der Waals surface area (Å²) in [7, 11) is 0. The Morgan fingerprint density at radius 1 is 0.919 bits per heavy atom. The highest BCUT2D eigenvalue weighted by molar-refractivity contribution is 5.94. The van der Waals surface area contributed by atoms with Gasteiger partial charge in [-0.05, 0) is 69.8 Å². The second kappa shape index (κ2) is 13.9. The van der Waals surface area contributed by atoms with E-state index in [9.17, 15) is 24.5 Å². The largest absolute Gasteiger partial charge is 0.459 e. The Bertz CT molecular complexity index is 1050. The lowest BCUT2D eigenvalue weighted by molar-refractivity contribution is -0.384. The van der Waals surface area contributed by atoms with Gasteiger partial charge in [0, 0.05) is 12.1 Å². The molecule has 200 valence electrons. The van der Waals surface area contributed by atoms with Crippen LogP contribution in [0.1, 0.15) is 51.2 Å². The van der Waals surface area contributed by atoms with E-state index in [4.69, 9.17) is 19.9 Å². The van der Waals surface area contributed by atoms with Crippen LogP contribution >= 0.6 is 0 Å². The Hall–Kier alpha value is -3.99. The molecule has 11 nitrogen and oxygen atoms in total. The molecule has 2 aromatic rings. The van der Waals surface area contributed by atoms with Gasteiger partial charge in [0.05, 0.1) is 4.92 Å². The number of carbonyl (C=O) groups is 3. The highest BCUT2D eigenvalue weighted by Crippen LogP contribution is 2.20. The lowest BCUT2D eigenvalue weighted by Gasteiger charge is -2.30. The summed E-state index contributed by atoms with van der Waals surface area (Å²) in [6, 6.07) is 13.0. The van der Waals surface area contributed by atoms with Gasteiger partial charge in [0.25, 0.3) is 5.69 Å². The number of imide groups is 1.